The third-order valence-electron chi connectivity index (χ3n) is 3.37. The topological polar surface area (TPSA) is 70.2 Å². The van der Waals surface area contributed by atoms with Gasteiger partial charge in [-0.05, 0) is 58.4 Å². The van der Waals surface area contributed by atoms with Gasteiger partial charge in [-0.25, -0.2) is 8.60 Å². The predicted octanol–water partition coefficient (Wildman–Crippen LogP) is 2.39. The van der Waals surface area contributed by atoms with Gasteiger partial charge in [-0.15, -0.1) is 0 Å². The van der Waals surface area contributed by atoms with E-state index in [2.05, 4.69) is 15.4 Å². The Labute approximate surface area is 132 Å². The molecule has 0 aromatic heterocycles. The molecule has 5 nitrogen and oxygen atoms in total. The molecule has 3 N–H and O–H groups in total. The first-order chi connectivity index (χ1) is 10.3. The molecular formula is C15H22FN3O2S. The van der Waals surface area contributed by atoms with E-state index in [4.69, 9.17) is 0 Å². The van der Waals surface area contributed by atoms with Crippen molar-refractivity contribution < 1.29 is 13.4 Å². The monoisotopic (exact) mass is 327 g/mol. The number of benzene rings is 1. The highest BCUT2D eigenvalue weighted by molar-refractivity contribution is 7.87. The lowest BCUT2D eigenvalue weighted by Crippen LogP contribution is -2.35. The van der Waals surface area contributed by atoms with Crippen molar-refractivity contribution in [1.29, 1.82) is 0 Å². The zero-order valence-corrected chi connectivity index (χ0v) is 13.8. The molecule has 0 spiro atoms. The summed E-state index contributed by atoms with van der Waals surface area (Å²) in [7, 11) is -1.32. The van der Waals surface area contributed by atoms with E-state index in [0.717, 1.165) is 19.4 Å². The molecule has 0 bridgehead atoms. The van der Waals surface area contributed by atoms with Gasteiger partial charge in [0, 0.05) is 5.69 Å². The third kappa shape index (κ3) is 4.27. The van der Waals surface area contributed by atoms with Gasteiger partial charge in [0.05, 0.1) is 16.5 Å². The van der Waals surface area contributed by atoms with Crippen molar-refractivity contribution in [2.45, 2.75) is 44.4 Å². The number of hydrogen-bond donors (Lipinski definition) is 3. The van der Waals surface area contributed by atoms with Gasteiger partial charge < -0.3 is 15.4 Å². The summed E-state index contributed by atoms with van der Waals surface area (Å²) in [6.45, 7) is 6.32. The average molecular weight is 327 g/mol. The first kappa shape index (κ1) is 16.9. The summed E-state index contributed by atoms with van der Waals surface area (Å²) >= 11 is 0. The van der Waals surface area contributed by atoms with Crippen molar-refractivity contribution in [3.63, 3.8) is 0 Å². The molecule has 1 unspecified atom stereocenters. The molecule has 2 atom stereocenters. The maximum Gasteiger partial charge on any atom is 0.241 e. The Morgan fingerprint density at radius 3 is 2.73 bits per heavy atom. The Balaban J connectivity index is 2.09. The minimum Gasteiger partial charge on any atom is -0.322 e. The summed E-state index contributed by atoms with van der Waals surface area (Å²) in [5, 5.41) is 5.65. The van der Waals surface area contributed by atoms with Crippen LogP contribution in [0.3, 0.4) is 0 Å². The minimum absolute atomic E-state index is 0.0922. The standard InChI is InChI=1S/C15H22FN3O2S/c1-15(2,3)22(21)19-10-6-7-11(16)13(9-10)18-14(20)12-5-4-8-17-12/h6-7,9,12,17,19H,4-5,8H2,1-3H3,(H,18,20)/t12-,22?/m1/s1. The molecule has 1 aromatic carbocycles. The molecule has 0 aliphatic carbocycles. The number of halogens is 1. The van der Waals surface area contributed by atoms with Crippen molar-refractivity contribution in [1.82, 2.24) is 5.32 Å². The maximum atomic E-state index is 13.8. The van der Waals surface area contributed by atoms with E-state index in [0.29, 0.717) is 5.69 Å². The highest BCUT2D eigenvalue weighted by atomic mass is 32.2. The second kappa shape index (κ2) is 6.75. The predicted molar refractivity (Wildman–Crippen MR) is 87.6 cm³/mol. The van der Waals surface area contributed by atoms with Crippen LogP contribution in [0.25, 0.3) is 0 Å². The van der Waals surface area contributed by atoms with Gasteiger partial charge in [-0.3, -0.25) is 4.79 Å². The number of nitrogens with one attached hydrogen (secondary N) is 3. The van der Waals surface area contributed by atoms with Crippen LogP contribution in [0, 0.1) is 5.82 Å². The summed E-state index contributed by atoms with van der Waals surface area (Å²) < 4.78 is 28.3. The Bertz CT molecular complexity index is 581. The van der Waals surface area contributed by atoms with Crippen LogP contribution in [0.2, 0.25) is 0 Å². The lowest BCUT2D eigenvalue weighted by Gasteiger charge is -2.19. The van der Waals surface area contributed by atoms with Crippen molar-refractivity contribution >= 4 is 28.3 Å². The first-order valence-electron chi connectivity index (χ1n) is 7.30. The highest BCUT2D eigenvalue weighted by Gasteiger charge is 2.23. The molecule has 122 valence electrons. The fourth-order valence-corrected chi connectivity index (χ4v) is 2.72. The Hall–Kier alpha value is -1.47. The van der Waals surface area contributed by atoms with E-state index in [-0.39, 0.29) is 17.6 Å². The molecule has 1 aliphatic heterocycles. The first-order valence-corrected chi connectivity index (χ1v) is 8.45. The zero-order valence-electron chi connectivity index (χ0n) is 13.0. The number of carbonyl (C=O) groups is 1. The van der Waals surface area contributed by atoms with Crippen LogP contribution in [-0.4, -0.2) is 27.4 Å². The fraction of sp³-hybridized carbons (Fsp3) is 0.533. The molecule has 22 heavy (non-hydrogen) atoms. The summed E-state index contributed by atoms with van der Waals surface area (Å²) in [5.74, 6) is -0.760. The highest BCUT2D eigenvalue weighted by Crippen LogP contribution is 2.23. The van der Waals surface area contributed by atoms with Gasteiger partial charge in [-0.1, -0.05) is 0 Å². The van der Waals surface area contributed by atoms with E-state index < -0.39 is 21.5 Å². The number of amides is 1. The van der Waals surface area contributed by atoms with Crippen LogP contribution in [0.1, 0.15) is 33.6 Å². The smallest absolute Gasteiger partial charge is 0.241 e. The van der Waals surface area contributed by atoms with Crippen LogP contribution in [0.4, 0.5) is 15.8 Å². The van der Waals surface area contributed by atoms with Crippen LogP contribution in [-0.2, 0) is 15.8 Å². The van der Waals surface area contributed by atoms with Gasteiger partial charge in [0.2, 0.25) is 5.91 Å². The van der Waals surface area contributed by atoms with E-state index in [1.807, 2.05) is 20.8 Å². The van der Waals surface area contributed by atoms with Crippen LogP contribution in [0.15, 0.2) is 18.2 Å². The molecule has 1 saturated heterocycles. The van der Waals surface area contributed by atoms with Gasteiger partial charge in [0.15, 0.2) is 0 Å². The number of hydrogen-bond acceptors (Lipinski definition) is 3. The Morgan fingerprint density at radius 1 is 1.41 bits per heavy atom. The minimum atomic E-state index is -1.32. The molecule has 2 rings (SSSR count). The Morgan fingerprint density at radius 2 is 2.14 bits per heavy atom. The third-order valence-corrected chi connectivity index (χ3v) is 4.90. The molecular weight excluding hydrogens is 305 g/mol. The molecule has 1 aliphatic rings. The molecule has 0 saturated carbocycles. The van der Waals surface area contributed by atoms with Crippen LogP contribution in [0.5, 0.6) is 0 Å². The maximum absolute atomic E-state index is 13.8. The van der Waals surface area contributed by atoms with Crippen LogP contribution >= 0.6 is 0 Å². The normalized spacial score (nSPS) is 19.7. The second-order valence-electron chi connectivity index (χ2n) is 6.32. The lowest BCUT2D eigenvalue weighted by atomic mass is 10.2. The average Bonchev–Trinajstić information content (AvgIpc) is 2.95. The zero-order chi connectivity index (χ0) is 16.3. The molecule has 1 amide bonds. The molecule has 0 radical (unpaired) electrons. The molecule has 1 fully saturated rings. The number of anilines is 2. The number of carbonyl (C=O) groups excluding carboxylic acids is 1. The van der Waals surface area contributed by atoms with E-state index in [9.17, 15) is 13.4 Å². The summed E-state index contributed by atoms with van der Waals surface area (Å²) in [6.07, 6.45) is 1.69. The Kier molecular flexibility index (Phi) is 5.18. The van der Waals surface area contributed by atoms with Crippen molar-refractivity contribution in [3.8, 4) is 0 Å². The summed E-state index contributed by atoms with van der Waals surface area (Å²) in [6, 6.07) is 3.94. The van der Waals surface area contributed by atoms with Gasteiger partial charge >= 0.3 is 0 Å². The van der Waals surface area contributed by atoms with Gasteiger partial charge in [-0.2, -0.15) is 0 Å². The van der Waals surface area contributed by atoms with E-state index >= 15 is 0 Å². The molecule has 1 aromatic rings. The quantitative estimate of drug-likeness (QED) is 0.795. The largest absolute Gasteiger partial charge is 0.322 e. The van der Waals surface area contributed by atoms with Gasteiger partial charge in [0.25, 0.3) is 0 Å². The SMILES string of the molecule is CC(C)(C)S(=O)Nc1ccc(F)c(NC(=O)[C@H]2CCCN2)c1. The molecule has 7 heteroatoms. The fourth-order valence-electron chi connectivity index (χ4n) is 2.07. The van der Waals surface area contributed by atoms with Crippen LogP contribution < -0.4 is 15.4 Å². The van der Waals surface area contributed by atoms with E-state index in [1.165, 1.54) is 18.2 Å². The van der Waals surface area contributed by atoms with Crippen molar-refractivity contribution in [2.75, 3.05) is 16.6 Å². The van der Waals surface area contributed by atoms with Crippen molar-refractivity contribution in [3.05, 3.63) is 24.0 Å². The van der Waals surface area contributed by atoms with Gasteiger partial charge in [0.1, 0.15) is 16.8 Å². The summed E-state index contributed by atoms with van der Waals surface area (Å²) in [5.41, 5.74) is 0.596. The van der Waals surface area contributed by atoms with E-state index in [1.54, 1.807) is 0 Å². The molecule has 1 heterocycles. The van der Waals surface area contributed by atoms with Crippen molar-refractivity contribution in [2.24, 2.45) is 0 Å². The second-order valence-corrected chi connectivity index (χ2v) is 8.28. The number of rotatable bonds is 4. The lowest BCUT2D eigenvalue weighted by molar-refractivity contribution is -0.117. The summed E-state index contributed by atoms with van der Waals surface area (Å²) in [4.78, 5) is 12.0.